The van der Waals surface area contributed by atoms with Crippen molar-refractivity contribution < 1.29 is 9.90 Å². The lowest BCUT2D eigenvalue weighted by molar-refractivity contribution is -0.128. The Morgan fingerprint density at radius 1 is 1.19 bits per heavy atom. The van der Waals surface area contributed by atoms with E-state index in [2.05, 4.69) is 29.4 Å². The zero-order valence-electron chi connectivity index (χ0n) is 15.4. The highest BCUT2D eigenvalue weighted by Crippen LogP contribution is 2.39. The SMILES string of the molecule is CC1CCC(C(=O)N[C@@H](c2cnc3ccccc3c2)C2CC(O)C2)CC1. The molecule has 4 heteroatoms. The van der Waals surface area contributed by atoms with E-state index in [0.717, 1.165) is 60.9 Å². The molecular formula is C22H28N2O2. The number of para-hydroxylation sites is 1. The van der Waals surface area contributed by atoms with Crippen LogP contribution in [0.2, 0.25) is 0 Å². The molecule has 0 saturated heterocycles. The lowest BCUT2D eigenvalue weighted by Crippen LogP contribution is -2.43. The molecule has 2 fully saturated rings. The summed E-state index contributed by atoms with van der Waals surface area (Å²) in [6.45, 7) is 2.27. The van der Waals surface area contributed by atoms with Crippen molar-refractivity contribution in [3.05, 3.63) is 42.1 Å². The second-order valence-electron chi connectivity index (χ2n) is 8.29. The molecule has 4 nitrogen and oxygen atoms in total. The third kappa shape index (κ3) is 3.61. The Morgan fingerprint density at radius 2 is 1.92 bits per heavy atom. The summed E-state index contributed by atoms with van der Waals surface area (Å²) in [6, 6.07) is 10.1. The van der Waals surface area contributed by atoms with Crippen LogP contribution < -0.4 is 5.32 Å². The van der Waals surface area contributed by atoms with Gasteiger partial charge >= 0.3 is 0 Å². The van der Waals surface area contributed by atoms with Crippen LogP contribution in [0, 0.1) is 17.8 Å². The highest BCUT2D eigenvalue weighted by molar-refractivity contribution is 5.81. The molecule has 138 valence electrons. The zero-order chi connectivity index (χ0) is 18.1. The van der Waals surface area contributed by atoms with Crippen LogP contribution in [0.5, 0.6) is 0 Å². The quantitative estimate of drug-likeness (QED) is 0.874. The van der Waals surface area contributed by atoms with E-state index in [9.17, 15) is 9.90 Å². The Morgan fingerprint density at radius 3 is 2.65 bits per heavy atom. The summed E-state index contributed by atoms with van der Waals surface area (Å²) in [6.07, 6.45) is 7.42. The minimum Gasteiger partial charge on any atom is -0.393 e. The maximum absolute atomic E-state index is 12.9. The third-order valence-electron chi connectivity index (χ3n) is 6.28. The van der Waals surface area contributed by atoms with E-state index in [1.165, 1.54) is 0 Å². The van der Waals surface area contributed by atoms with Crippen molar-refractivity contribution in [2.24, 2.45) is 17.8 Å². The van der Waals surface area contributed by atoms with Crippen LogP contribution in [0.1, 0.15) is 57.1 Å². The maximum atomic E-state index is 12.9. The minimum absolute atomic E-state index is 0.0534. The van der Waals surface area contributed by atoms with Crippen LogP contribution in [0.25, 0.3) is 10.9 Å². The molecule has 2 aliphatic rings. The standard InChI is InChI=1S/C22H28N2O2/c1-14-6-8-15(9-7-14)22(26)24-21(17-11-19(25)12-17)18-10-16-4-2-3-5-20(16)23-13-18/h2-5,10,13-15,17,19,21,25H,6-9,11-12H2,1H3,(H,24,26)/t14?,15?,17?,19?,21-/m1/s1. The molecule has 2 aromatic rings. The van der Waals surface area contributed by atoms with Crippen molar-refractivity contribution in [1.82, 2.24) is 10.3 Å². The number of hydrogen-bond acceptors (Lipinski definition) is 3. The van der Waals surface area contributed by atoms with Crippen LogP contribution >= 0.6 is 0 Å². The molecule has 4 rings (SSSR count). The Labute approximate surface area is 155 Å². The number of aliphatic hydroxyl groups excluding tert-OH is 1. The number of benzene rings is 1. The average Bonchev–Trinajstić information content (AvgIpc) is 2.64. The van der Waals surface area contributed by atoms with Gasteiger partial charge in [-0.1, -0.05) is 25.1 Å². The molecule has 1 atom stereocenters. The van der Waals surface area contributed by atoms with Gasteiger partial charge in [0.15, 0.2) is 0 Å². The van der Waals surface area contributed by atoms with E-state index >= 15 is 0 Å². The Hall–Kier alpha value is -1.94. The summed E-state index contributed by atoms with van der Waals surface area (Å²) in [5.74, 6) is 1.34. The summed E-state index contributed by atoms with van der Waals surface area (Å²) >= 11 is 0. The predicted octanol–water partition coefficient (Wildman–Crippen LogP) is 3.99. The van der Waals surface area contributed by atoms with Gasteiger partial charge in [0.25, 0.3) is 0 Å². The maximum Gasteiger partial charge on any atom is 0.223 e. The van der Waals surface area contributed by atoms with Crippen molar-refractivity contribution in [1.29, 1.82) is 0 Å². The molecule has 26 heavy (non-hydrogen) atoms. The molecule has 0 unspecified atom stereocenters. The normalized spacial score (nSPS) is 29.8. The smallest absolute Gasteiger partial charge is 0.223 e. The van der Waals surface area contributed by atoms with Gasteiger partial charge < -0.3 is 10.4 Å². The molecule has 1 aromatic heterocycles. The number of fused-ring (bicyclic) bond motifs is 1. The van der Waals surface area contributed by atoms with Gasteiger partial charge in [0.1, 0.15) is 0 Å². The summed E-state index contributed by atoms with van der Waals surface area (Å²) in [4.78, 5) is 17.5. The number of rotatable bonds is 4. The van der Waals surface area contributed by atoms with Crippen molar-refractivity contribution in [3.63, 3.8) is 0 Å². The fourth-order valence-corrected chi connectivity index (χ4v) is 4.43. The van der Waals surface area contributed by atoms with Gasteiger partial charge in [-0.15, -0.1) is 0 Å². The van der Waals surface area contributed by atoms with E-state index < -0.39 is 0 Å². The number of nitrogens with zero attached hydrogens (tertiary/aromatic N) is 1. The van der Waals surface area contributed by atoms with Crippen LogP contribution in [-0.2, 0) is 4.79 Å². The number of pyridine rings is 1. The highest BCUT2D eigenvalue weighted by Gasteiger charge is 2.37. The second-order valence-corrected chi connectivity index (χ2v) is 8.29. The summed E-state index contributed by atoms with van der Waals surface area (Å²) < 4.78 is 0. The van der Waals surface area contributed by atoms with Gasteiger partial charge in [0, 0.05) is 17.5 Å². The fraction of sp³-hybridized carbons (Fsp3) is 0.545. The fourth-order valence-electron chi connectivity index (χ4n) is 4.43. The number of carbonyl (C=O) groups is 1. The van der Waals surface area contributed by atoms with E-state index in [-0.39, 0.29) is 24.0 Å². The van der Waals surface area contributed by atoms with E-state index in [1.807, 2.05) is 24.4 Å². The number of aliphatic hydroxyl groups is 1. The third-order valence-corrected chi connectivity index (χ3v) is 6.28. The lowest BCUT2D eigenvalue weighted by atomic mass is 9.74. The molecule has 0 spiro atoms. The molecule has 0 aliphatic heterocycles. The Balaban J connectivity index is 1.54. The summed E-state index contributed by atoms with van der Waals surface area (Å²) in [5, 5.41) is 14.2. The monoisotopic (exact) mass is 352 g/mol. The van der Waals surface area contributed by atoms with Crippen molar-refractivity contribution >= 4 is 16.8 Å². The van der Waals surface area contributed by atoms with Gasteiger partial charge in [-0.25, -0.2) is 0 Å². The molecule has 0 radical (unpaired) electrons. The first-order chi connectivity index (χ1) is 12.6. The van der Waals surface area contributed by atoms with Crippen LogP contribution in [0.3, 0.4) is 0 Å². The van der Waals surface area contributed by atoms with Gasteiger partial charge in [0.05, 0.1) is 17.7 Å². The molecule has 2 N–H and O–H groups in total. The summed E-state index contributed by atoms with van der Waals surface area (Å²) in [7, 11) is 0. The van der Waals surface area contributed by atoms with Crippen LogP contribution in [-0.4, -0.2) is 22.1 Å². The number of hydrogen-bond donors (Lipinski definition) is 2. The average molecular weight is 352 g/mol. The molecular weight excluding hydrogens is 324 g/mol. The second kappa shape index (κ2) is 7.36. The zero-order valence-corrected chi connectivity index (χ0v) is 15.4. The Kier molecular flexibility index (Phi) is 4.94. The van der Waals surface area contributed by atoms with Gasteiger partial charge in [-0.05, 0) is 68.1 Å². The van der Waals surface area contributed by atoms with E-state index in [4.69, 9.17) is 0 Å². The van der Waals surface area contributed by atoms with E-state index in [0.29, 0.717) is 5.92 Å². The first kappa shape index (κ1) is 17.5. The first-order valence-corrected chi connectivity index (χ1v) is 9.93. The molecule has 1 amide bonds. The van der Waals surface area contributed by atoms with Gasteiger partial charge in [-0.3, -0.25) is 9.78 Å². The largest absolute Gasteiger partial charge is 0.393 e. The Bertz CT molecular complexity index is 777. The topological polar surface area (TPSA) is 62.2 Å². The van der Waals surface area contributed by atoms with Crippen LogP contribution in [0.4, 0.5) is 0 Å². The number of carbonyl (C=O) groups excluding carboxylic acids is 1. The molecule has 1 heterocycles. The molecule has 1 aromatic carbocycles. The predicted molar refractivity (Wildman–Crippen MR) is 102 cm³/mol. The number of amides is 1. The summed E-state index contributed by atoms with van der Waals surface area (Å²) in [5.41, 5.74) is 2.02. The number of nitrogens with one attached hydrogen (secondary N) is 1. The minimum atomic E-state index is -0.233. The molecule has 2 saturated carbocycles. The van der Waals surface area contributed by atoms with Gasteiger partial charge in [-0.2, -0.15) is 0 Å². The highest BCUT2D eigenvalue weighted by atomic mass is 16.3. The van der Waals surface area contributed by atoms with Crippen LogP contribution in [0.15, 0.2) is 36.5 Å². The van der Waals surface area contributed by atoms with Crippen molar-refractivity contribution in [2.75, 3.05) is 0 Å². The van der Waals surface area contributed by atoms with Gasteiger partial charge in [0.2, 0.25) is 5.91 Å². The van der Waals surface area contributed by atoms with Crippen molar-refractivity contribution in [3.8, 4) is 0 Å². The molecule has 0 bridgehead atoms. The van der Waals surface area contributed by atoms with Crippen molar-refractivity contribution in [2.45, 2.75) is 57.6 Å². The lowest BCUT2D eigenvalue weighted by Gasteiger charge is -2.39. The van der Waals surface area contributed by atoms with E-state index in [1.54, 1.807) is 0 Å². The number of aromatic nitrogens is 1. The first-order valence-electron chi connectivity index (χ1n) is 9.93. The molecule has 2 aliphatic carbocycles.